The third-order valence-corrected chi connectivity index (χ3v) is 3.45. The number of rotatable bonds is 3. The normalized spacial score (nSPS) is 9.91. The molecular weight excluding hydrogens is 308 g/mol. The average Bonchev–Trinajstić information content (AvgIpc) is 2.53. The number of anilines is 6. The molecule has 118 valence electrons. The van der Waals surface area contributed by atoms with Crippen molar-refractivity contribution in [3.05, 3.63) is 72.8 Å². The summed E-state index contributed by atoms with van der Waals surface area (Å²) in [4.78, 5) is 2.12. The van der Waals surface area contributed by atoms with Crippen LogP contribution in [0.15, 0.2) is 72.8 Å². The highest BCUT2D eigenvalue weighted by atomic mass is 35.5. The summed E-state index contributed by atoms with van der Waals surface area (Å²) in [6.45, 7) is 0. The summed E-state index contributed by atoms with van der Waals surface area (Å²) in [5.74, 6) is 0. The molecule has 0 aliphatic heterocycles. The Balaban J connectivity index is 0.00000192. The zero-order valence-electron chi connectivity index (χ0n) is 12.5. The molecule has 0 saturated carbocycles. The van der Waals surface area contributed by atoms with Gasteiger partial charge in [-0.05, 0) is 72.8 Å². The molecule has 0 aliphatic rings. The Morgan fingerprint density at radius 2 is 0.652 bits per heavy atom. The van der Waals surface area contributed by atoms with Crippen LogP contribution >= 0.6 is 12.4 Å². The number of nitrogens with zero attached hydrogens (tertiary/aromatic N) is 1. The standard InChI is InChI=1S/C18H18N4.ClH/c19-13-1-7-16(8-2-13)22(17-9-3-14(20)4-10-17)18-11-5-15(21)6-12-18;/h1-12H,19-21H2;1H. The quantitative estimate of drug-likeness (QED) is 0.626. The number of benzene rings is 3. The number of halogens is 1. The van der Waals surface area contributed by atoms with E-state index < -0.39 is 0 Å². The summed E-state index contributed by atoms with van der Waals surface area (Å²) in [7, 11) is 0. The van der Waals surface area contributed by atoms with Crippen LogP contribution in [0.4, 0.5) is 34.1 Å². The maximum atomic E-state index is 5.79. The molecule has 0 bridgehead atoms. The second-order valence-corrected chi connectivity index (χ2v) is 5.11. The van der Waals surface area contributed by atoms with Crippen molar-refractivity contribution in [2.24, 2.45) is 0 Å². The van der Waals surface area contributed by atoms with Crippen LogP contribution in [-0.2, 0) is 0 Å². The van der Waals surface area contributed by atoms with E-state index in [1.165, 1.54) is 0 Å². The predicted octanol–water partition coefficient (Wildman–Crippen LogP) is 4.32. The lowest BCUT2D eigenvalue weighted by molar-refractivity contribution is 1.28. The molecular formula is C18H19ClN4. The summed E-state index contributed by atoms with van der Waals surface area (Å²) < 4.78 is 0. The smallest absolute Gasteiger partial charge is 0.0463 e. The fraction of sp³-hybridized carbons (Fsp3) is 0. The predicted molar refractivity (Wildman–Crippen MR) is 102 cm³/mol. The van der Waals surface area contributed by atoms with Crippen LogP contribution in [0.3, 0.4) is 0 Å². The van der Waals surface area contributed by atoms with E-state index in [1.54, 1.807) is 0 Å². The fourth-order valence-electron chi connectivity index (χ4n) is 2.32. The monoisotopic (exact) mass is 326 g/mol. The van der Waals surface area contributed by atoms with Gasteiger partial charge in [0, 0.05) is 34.1 Å². The summed E-state index contributed by atoms with van der Waals surface area (Å²) in [5, 5.41) is 0. The Labute approximate surface area is 141 Å². The molecule has 0 radical (unpaired) electrons. The first kappa shape index (κ1) is 16.5. The van der Waals surface area contributed by atoms with Crippen LogP contribution < -0.4 is 22.1 Å². The lowest BCUT2D eigenvalue weighted by Gasteiger charge is -2.25. The summed E-state index contributed by atoms with van der Waals surface area (Å²) in [5.41, 5.74) is 22.6. The highest BCUT2D eigenvalue weighted by Crippen LogP contribution is 2.35. The summed E-state index contributed by atoms with van der Waals surface area (Å²) >= 11 is 0. The maximum absolute atomic E-state index is 5.79. The molecule has 3 aromatic carbocycles. The molecule has 4 nitrogen and oxygen atoms in total. The highest BCUT2D eigenvalue weighted by molar-refractivity contribution is 5.85. The molecule has 0 saturated heterocycles. The van der Waals surface area contributed by atoms with Gasteiger partial charge < -0.3 is 22.1 Å². The van der Waals surface area contributed by atoms with Gasteiger partial charge in [-0.3, -0.25) is 0 Å². The van der Waals surface area contributed by atoms with Crippen molar-refractivity contribution in [1.82, 2.24) is 0 Å². The zero-order valence-corrected chi connectivity index (χ0v) is 13.3. The van der Waals surface area contributed by atoms with E-state index >= 15 is 0 Å². The number of nitrogen functional groups attached to an aromatic ring is 3. The van der Waals surface area contributed by atoms with E-state index in [-0.39, 0.29) is 12.4 Å². The minimum atomic E-state index is 0. The molecule has 23 heavy (non-hydrogen) atoms. The highest BCUT2D eigenvalue weighted by Gasteiger charge is 2.11. The minimum absolute atomic E-state index is 0. The second-order valence-electron chi connectivity index (χ2n) is 5.11. The van der Waals surface area contributed by atoms with Crippen LogP contribution in [0.2, 0.25) is 0 Å². The third kappa shape index (κ3) is 3.67. The van der Waals surface area contributed by atoms with Gasteiger partial charge in [0.1, 0.15) is 0 Å². The van der Waals surface area contributed by atoms with Crippen molar-refractivity contribution < 1.29 is 0 Å². The first-order valence-electron chi connectivity index (χ1n) is 7.00. The van der Waals surface area contributed by atoms with E-state index in [1.807, 2.05) is 72.8 Å². The molecule has 5 heteroatoms. The first-order chi connectivity index (χ1) is 10.6. The molecule has 0 aliphatic carbocycles. The maximum Gasteiger partial charge on any atom is 0.0463 e. The van der Waals surface area contributed by atoms with Crippen molar-refractivity contribution in [3.8, 4) is 0 Å². The lowest BCUT2D eigenvalue weighted by Crippen LogP contribution is -2.10. The van der Waals surface area contributed by atoms with Crippen molar-refractivity contribution in [1.29, 1.82) is 0 Å². The molecule has 0 heterocycles. The van der Waals surface area contributed by atoms with E-state index in [9.17, 15) is 0 Å². The van der Waals surface area contributed by atoms with Gasteiger partial charge in [0.2, 0.25) is 0 Å². The van der Waals surface area contributed by atoms with E-state index in [0.29, 0.717) is 0 Å². The van der Waals surface area contributed by atoms with Crippen LogP contribution in [-0.4, -0.2) is 0 Å². The molecule has 0 amide bonds. The van der Waals surface area contributed by atoms with Gasteiger partial charge in [0.15, 0.2) is 0 Å². The molecule has 6 N–H and O–H groups in total. The number of hydrogen-bond donors (Lipinski definition) is 3. The van der Waals surface area contributed by atoms with Crippen molar-refractivity contribution >= 4 is 46.5 Å². The Morgan fingerprint density at radius 1 is 0.435 bits per heavy atom. The first-order valence-corrected chi connectivity index (χ1v) is 7.00. The zero-order chi connectivity index (χ0) is 15.5. The fourth-order valence-corrected chi connectivity index (χ4v) is 2.32. The number of hydrogen-bond acceptors (Lipinski definition) is 4. The van der Waals surface area contributed by atoms with Gasteiger partial charge in [-0.2, -0.15) is 0 Å². The Kier molecular flexibility index (Phi) is 4.98. The van der Waals surface area contributed by atoms with Crippen LogP contribution in [0.5, 0.6) is 0 Å². The molecule has 0 spiro atoms. The summed E-state index contributed by atoms with van der Waals surface area (Å²) in [6, 6.07) is 23.2. The lowest BCUT2D eigenvalue weighted by atomic mass is 10.1. The van der Waals surface area contributed by atoms with Crippen molar-refractivity contribution in [3.63, 3.8) is 0 Å². The Morgan fingerprint density at radius 3 is 0.870 bits per heavy atom. The van der Waals surface area contributed by atoms with E-state index in [4.69, 9.17) is 17.2 Å². The summed E-state index contributed by atoms with van der Waals surface area (Å²) in [6.07, 6.45) is 0. The van der Waals surface area contributed by atoms with E-state index in [0.717, 1.165) is 34.1 Å². The van der Waals surface area contributed by atoms with Gasteiger partial charge in [-0.25, -0.2) is 0 Å². The van der Waals surface area contributed by atoms with Gasteiger partial charge in [-0.15, -0.1) is 12.4 Å². The molecule has 0 unspecified atom stereocenters. The SMILES string of the molecule is Cl.Nc1ccc(N(c2ccc(N)cc2)c2ccc(N)cc2)cc1. The number of nitrogens with two attached hydrogens (primary N) is 3. The van der Waals surface area contributed by atoms with Crippen LogP contribution in [0.1, 0.15) is 0 Å². The van der Waals surface area contributed by atoms with Gasteiger partial charge in [-0.1, -0.05) is 0 Å². The van der Waals surface area contributed by atoms with Crippen LogP contribution in [0, 0.1) is 0 Å². The third-order valence-electron chi connectivity index (χ3n) is 3.45. The molecule has 3 rings (SSSR count). The molecule has 0 atom stereocenters. The Hall–Kier alpha value is -2.85. The molecule has 0 aromatic heterocycles. The minimum Gasteiger partial charge on any atom is -0.399 e. The largest absolute Gasteiger partial charge is 0.399 e. The topological polar surface area (TPSA) is 81.3 Å². The van der Waals surface area contributed by atoms with Crippen LogP contribution in [0.25, 0.3) is 0 Å². The molecule has 0 fully saturated rings. The molecule has 3 aromatic rings. The van der Waals surface area contributed by atoms with E-state index in [2.05, 4.69) is 4.90 Å². The second kappa shape index (κ2) is 6.94. The van der Waals surface area contributed by atoms with Gasteiger partial charge >= 0.3 is 0 Å². The average molecular weight is 327 g/mol. The van der Waals surface area contributed by atoms with Gasteiger partial charge in [0.05, 0.1) is 0 Å². The van der Waals surface area contributed by atoms with Gasteiger partial charge in [0.25, 0.3) is 0 Å². The Bertz CT molecular complexity index is 644. The van der Waals surface area contributed by atoms with Crippen molar-refractivity contribution in [2.45, 2.75) is 0 Å². The van der Waals surface area contributed by atoms with Crippen molar-refractivity contribution in [2.75, 3.05) is 22.1 Å².